The van der Waals surface area contributed by atoms with Crippen LogP contribution in [0.3, 0.4) is 0 Å². The lowest BCUT2D eigenvalue weighted by Gasteiger charge is -2.42. The zero-order valence-corrected chi connectivity index (χ0v) is 14.3. The molecule has 1 aliphatic heterocycles. The molecule has 1 heterocycles. The van der Waals surface area contributed by atoms with Crippen LogP contribution >= 0.6 is 0 Å². The van der Waals surface area contributed by atoms with E-state index in [1.807, 2.05) is 0 Å². The lowest BCUT2D eigenvalue weighted by molar-refractivity contribution is 0.0238. The molecule has 126 valence electrons. The number of aliphatic hydroxyl groups excluding tert-OH is 1. The highest BCUT2D eigenvalue weighted by molar-refractivity contribution is 5.31. The van der Waals surface area contributed by atoms with Gasteiger partial charge in [-0.3, -0.25) is 4.90 Å². The van der Waals surface area contributed by atoms with Crippen molar-refractivity contribution in [1.29, 1.82) is 0 Å². The van der Waals surface area contributed by atoms with E-state index in [2.05, 4.69) is 59.5 Å². The Morgan fingerprint density at radius 2 is 1.46 bits per heavy atom. The van der Waals surface area contributed by atoms with Crippen molar-refractivity contribution in [2.45, 2.75) is 44.2 Å². The van der Waals surface area contributed by atoms with Gasteiger partial charge in [0.2, 0.25) is 0 Å². The normalized spacial score (nSPS) is 25.4. The molecule has 0 radical (unpaired) electrons. The predicted octanol–water partition coefficient (Wildman–Crippen LogP) is 3.47. The van der Waals surface area contributed by atoms with Gasteiger partial charge < -0.3 is 5.11 Å². The number of benzene rings is 2. The zero-order valence-electron chi connectivity index (χ0n) is 14.3. The summed E-state index contributed by atoms with van der Waals surface area (Å²) in [5.74, 6) is 0.789. The van der Waals surface area contributed by atoms with Crippen LogP contribution in [0, 0.1) is 5.92 Å². The van der Waals surface area contributed by atoms with Gasteiger partial charge in [-0.1, -0.05) is 54.6 Å². The Morgan fingerprint density at radius 1 is 0.833 bits per heavy atom. The van der Waals surface area contributed by atoms with E-state index >= 15 is 0 Å². The number of hydrogen-bond donors (Lipinski definition) is 1. The van der Waals surface area contributed by atoms with Crippen LogP contribution in [0.1, 0.15) is 29.5 Å². The van der Waals surface area contributed by atoms with Crippen LogP contribution in [0.25, 0.3) is 0 Å². The highest BCUT2D eigenvalue weighted by Crippen LogP contribution is 2.29. The van der Waals surface area contributed by atoms with Crippen molar-refractivity contribution in [3.8, 4) is 0 Å². The lowest BCUT2D eigenvalue weighted by atomic mass is 9.83. The number of piperidine rings is 1. The third kappa shape index (κ3) is 3.40. The predicted molar refractivity (Wildman–Crippen MR) is 98.1 cm³/mol. The van der Waals surface area contributed by atoms with Crippen molar-refractivity contribution < 1.29 is 5.11 Å². The van der Waals surface area contributed by atoms with Crippen molar-refractivity contribution in [2.24, 2.45) is 5.92 Å². The highest BCUT2D eigenvalue weighted by Gasteiger charge is 2.33. The Labute approximate surface area is 145 Å². The molecule has 2 heteroatoms. The molecule has 0 aromatic heterocycles. The fourth-order valence-corrected chi connectivity index (χ4v) is 4.49. The summed E-state index contributed by atoms with van der Waals surface area (Å²) in [6.45, 7) is 2.25. The van der Waals surface area contributed by atoms with Crippen LogP contribution < -0.4 is 0 Å². The van der Waals surface area contributed by atoms with E-state index in [-0.39, 0.29) is 6.10 Å². The maximum atomic E-state index is 10.6. The van der Waals surface area contributed by atoms with Gasteiger partial charge in [-0.25, -0.2) is 0 Å². The smallest absolute Gasteiger partial charge is 0.0738 e. The van der Waals surface area contributed by atoms with Crippen molar-refractivity contribution in [2.75, 3.05) is 13.1 Å². The monoisotopic (exact) mass is 321 g/mol. The first-order valence-electron chi connectivity index (χ1n) is 9.32. The molecule has 1 N–H and O–H groups in total. The average Bonchev–Trinajstić information content (AvgIpc) is 2.63. The van der Waals surface area contributed by atoms with E-state index < -0.39 is 0 Å². The van der Waals surface area contributed by atoms with E-state index in [0.717, 1.165) is 31.8 Å². The van der Waals surface area contributed by atoms with Crippen LogP contribution in [0.5, 0.6) is 0 Å². The van der Waals surface area contributed by atoms with Gasteiger partial charge in [-0.2, -0.15) is 0 Å². The van der Waals surface area contributed by atoms with Crippen LogP contribution in [0.2, 0.25) is 0 Å². The number of fused-ring (bicyclic) bond motifs is 1. The van der Waals surface area contributed by atoms with Crippen LogP contribution in [-0.4, -0.2) is 35.2 Å². The topological polar surface area (TPSA) is 23.5 Å². The molecule has 0 amide bonds. The van der Waals surface area contributed by atoms with Crippen molar-refractivity contribution in [1.82, 2.24) is 4.90 Å². The maximum absolute atomic E-state index is 10.6. The average molecular weight is 321 g/mol. The van der Waals surface area contributed by atoms with Gasteiger partial charge in [0, 0.05) is 12.5 Å². The van der Waals surface area contributed by atoms with E-state index in [4.69, 9.17) is 0 Å². The van der Waals surface area contributed by atoms with Gasteiger partial charge >= 0.3 is 0 Å². The number of likely N-dealkylation sites (tertiary alicyclic amines) is 1. The Kier molecular flexibility index (Phi) is 4.68. The molecule has 1 fully saturated rings. The second kappa shape index (κ2) is 7.08. The summed E-state index contributed by atoms with van der Waals surface area (Å²) in [5, 5.41) is 10.6. The molecule has 1 aliphatic carbocycles. The molecule has 0 bridgehead atoms. The molecule has 4 rings (SSSR count). The van der Waals surface area contributed by atoms with E-state index in [0.29, 0.717) is 6.04 Å². The van der Waals surface area contributed by atoms with Gasteiger partial charge in [0.25, 0.3) is 0 Å². The number of rotatable bonds is 3. The molecular formula is C22H27NO. The molecule has 2 nitrogen and oxygen atoms in total. The molecular weight excluding hydrogens is 294 g/mol. The van der Waals surface area contributed by atoms with Gasteiger partial charge in [-0.15, -0.1) is 0 Å². The highest BCUT2D eigenvalue weighted by atomic mass is 16.3. The second-order valence-corrected chi connectivity index (χ2v) is 7.48. The first kappa shape index (κ1) is 15.9. The van der Waals surface area contributed by atoms with Crippen LogP contribution in [0.4, 0.5) is 0 Å². The van der Waals surface area contributed by atoms with Crippen molar-refractivity contribution in [3.63, 3.8) is 0 Å². The summed E-state index contributed by atoms with van der Waals surface area (Å²) in [5.41, 5.74) is 4.22. The van der Waals surface area contributed by atoms with E-state index in [9.17, 15) is 5.11 Å². The number of hydrogen-bond acceptors (Lipinski definition) is 2. The van der Waals surface area contributed by atoms with Gasteiger partial charge in [0.1, 0.15) is 0 Å². The second-order valence-electron chi connectivity index (χ2n) is 7.48. The summed E-state index contributed by atoms with van der Waals surface area (Å²) in [7, 11) is 0. The van der Waals surface area contributed by atoms with Gasteiger partial charge in [-0.05, 0) is 61.4 Å². The molecule has 2 aliphatic rings. The first-order valence-corrected chi connectivity index (χ1v) is 9.32. The molecule has 2 atom stereocenters. The summed E-state index contributed by atoms with van der Waals surface area (Å²) >= 11 is 0. The third-order valence-electron chi connectivity index (χ3n) is 5.91. The molecule has 1 saturated heterocycles. The van der Waals surface area contributed by atoms with Gasteiger partial charge in [0.15, 0.2) is 0 Å². The quantitative estimate of drug-likeness (QED) is 0.936. The summed E-state index contributed by atoms with van der Waals surface area (Å²) < 4.78 is 0. The minimum Gasteiger partial charge on any atom is -0.391 e. The molecule has 2 aromatic carbocycles. The first-order chi connectivity index (χ1) is 11.8. The zero-order chi connectivity index (χ0) is 16.4. The SMILES string of the molecule is O[C@@H]1Cc2ccccc2C[C@H]1N1CCC(Cc2ccccc2)CC1. The molecule has 0 saturated carbocycles. The minimum atomic E-state index is -0.217. The fourth-order valence-electron chi connectivity index (χ4n) is 4.49. The fraction of sp³-hybridized carbons (Fsp3) is 0.455. The molecule has 24 heavy (non-hydrogen) atoms. The lowest BCUT2D eigenvalue weighted by Crippen LogP contribution is -2.51. The summed E-state index contributed by atoms with van der Waals surface area (Å²) in [6.07, 6.45) is 5.29. The Balaban J connectivity index is 1.36. The van der Waals surface area contributed by atoms with Crippen molar-refractivity contribution >= 4 is 0 Å². The largest absolute Gasteiger partial charge is 0.391 e. The van der Waals surface area contributed by atoms with Crippen molar-refractivity contribution in [3.05, 3.63) is 71.3 Å². The van der Waals surface area contributed by atoms with E-state index in [1.165, 1.54) is 36.0 Å². The number of nitrogens with zero attached hydrogens (tertiary/aromatic N) is 1. The number of aliphatic hydroxyl groups is 1. The Hall–Kier alpha value is -1.64. The minimum absolute atomic E-state index is 0.217. The van der Waals surface area contributed by atoms with E-state index in [1.54, 1.807) is 0 Å². The summed E-state index contributed by atoms with van der Waals surface area (Å²) in [6, 6.07) is 19.8. The van der Waals surface area contributed by atoms with Gasteiger partial charge in [0.05, 0.1) is 6.10 Å². The third-order valence-corrected chi connectivity index (χ3v) is 5.91. The van der Waals surface area contributed by atoms with Crippen LogP contribution in [0.15, 0.2) is 54.6 Å². The summed E-state index contributed by atoms with van der Waals surface area (Å²) in [4.78, 5) is 2.54. The van der Waals surface area contributed by atoms with Crippen LogP contribution in [-0.2, 0) is 19.3 Å². The Bertz CT molecular complexity index is 661. The molecule has 0 spiro atoms. The standard InChI is InChI=1S/C22H27NO/c24-22-16-20-9-5-4-8-19(20)15-21(22)23-12-10-18(11-13-23)14-17-6-2-1-3-7-17/h1-9,18,21-22,24H,10-16H2/t21-,22-/m1/s1. The maximum Gasteiger partial charge on any atom is 0.0738 e. The molecule has 2 aromatic rings. The molecule has 0 unspecified atom stereocenters. The Morgan fingerprint density at radius 3 is 2.17 bits per heavy atom.